The number of benzene rings is 2. The number of likely N-dealkylation sites (tertiary alicyclic amines) is 2. The molecule has 1 unspecified atom stereocenters. The van der Waals surface area contributed by atoms with Gasteiger partial charge < -0.3 is 4.90 Å². The van der Waals surface area contributed by atoms with Crippen molar-refractivity contribution in [1.82, 2.24) is 14.8 Å². The Morgan fingerprint density at radius 3 is 2.71 bits per heavy atom. The maximum Gasteiger partial charge on any atom is 0.162 e. The minimum Gasteiger partial charge on any atom is -0.300 e. The fourth-order valence-corrected chi connectivity index (χ4v) is 6.11. The van der Waals surface area contributed by atoms with Gasteiger partial charge in [0, 0.05) is 52.7 Å². The average molecular weight is 511 g/mol. The van der Waals surface area contributed by atoms with Crippen molar-refractivity contribution in [2.24, 2.45) is 5.92 Å². The van der Waals surface area contributed by atoms with Crippen molar-refractivity contribution in [3.05, 3.63) is 75.9 Å². The molecule has 3 aromatic rings. The lowest BCUT2D eigenvalue weighted by atomic mass is 9.89. The number of ketones is 1. The molecule has 3 heterocycles. The second kappa shape index (κ2) is 11.4. The smallest absolute Gasteiger partial charge is 0.162 e. The van der Waals surface area contributed by atoms with E-state index in [1.165, 1.54) is 32.2 Å². The Morgan fingerprint density at radius 2 is 1.86 bits per heavy atom. The Balaban J connectivity index is 1.10. The largest absolute Gasteiger partial charge is 0.300 e. The van der Waals surface area contributed by atoms with Crippen molar-refractivity contribution in [3.8, 4) is 0 Å². The van der Waals surface area contributed by atoms with Crippen molar-refractivity contribution in [2.45, 2.75) is 51.1 Å². The Hall–Kier alpha value is -1.98. The van der Waals surface area contributed by atoms with Crippen LogP contribution < -0.4 is 0 Å². The second-order valence-corrected chi connectivity index (χ2v) is 11.0. The molecule has 184 valence electrons. The molecule has 5 rings (SSSR count). The summed E-state index contributed by atoms with van der Waals surface area (Å²) in [4.78, 5) is 22.4. The van der Waals surface area contributed by atoms with Crippen LogP contribution in [0.3, 0.4) is 0 Å². The lowest BCUT2D eigenvalue weighted by Crippen LogP contribution is -2.48. The summed E-state index contributed by atoms with van der Waals surface area (Å²) >= 11 is 12.5. The minimum absolute atomic E-state index is 0.251. The van der Waals surface area contributed by atoms with E-state index in [1.807, 2.05) is 48.5 Å². The Kier molecular flexibility index (Phi) is 8.04. The predicted molar refractivity (Wildman–Crippen MR) is 144 cm³/mol. The van der Waals surface area contributed by atoms with Crippen LogP contribution >= 0.6 is 23.2 Å². The fourth-order valence-electron chi connectivity index (χ4n) is 5.74. The molecule has 2 fully saturated rings. The van der Waals surface area contributed by atoms with E-state index in [0.717, 1.165) is 64.7 Å². The van der Waals surface area contributed by atoms with Crippen LogP contribution in [0.5, 0.6) is 0 Å². The van der Waals surface area contributed by atoms with Gasteiger partial charge in [0.15, 0.2) is 5.78 Å². The zero-order valence-electron chi connectivity index (χ0n) is 20.1. The van der Waals surface area contributed by atoms with E-state index >= 15 is 0 Å². The van der Waals surface area contributed by atoms with Crippen molar-refractivity contribution in [2.75, 3.05) is 26.2 Å². The highest BCUT2D eigenvalue weighted by Crippen LogP contribution is 2.29. The molecule has 0 amide bonds. The highest BCUT2D eigenvalue weighted by Gasteiger charge is 2.29. The zero-order chi connectivity index (χ0) is 24.2. The summed E-state index contributed by atoms with van der Waals surface area (Å²) in [5.74, 6) is 0.860. The highest BCUT2D eigenvalue weighted by molar-refractivity contribution is 6.33. The molecule has 0 radical (unpaired) electrons. The summed E-state index contributed by atoms with van der Waals surface area (Å²) in [5, 5.41) is 2.58. The third kappa shape index (κ3) is 6.24. The van der Waals surface area contributed by atoms with Gasteiger partial charge in [-0.25, -0.2) is 0 Å². The summed E-state index contributed by atoms with van der Waals surface area (Å²) in [6, 6.07) is 16.2. The molecule has 0 bridgehead atoms. The summed E-state index contributed by atoms with van der Waals surface area (Å²) in [6.07, 6.45) is 8.24. The van der Waals surface area contributed by atoms with Crippen LogP contribution in [0, 0.1) is 5.92 Å². The van der Waals surface area contributed by atoms with E-state index in [4.69, 9.17) is 23.2 Å². The van der Waals surface area contributed by atoms with E-state index in [-0.39, 0.29) is 5.78 Å². The molecule has 0 saturated carbocycles. The molecule has 2 aliphatic heterocycles. The van der Waals surface area contributed by atoms with Crippen LogP contribution in [-0.2, 0) is 6.54 Å². The molecule has 0 N–H and O–H groups in total. The van der Waals surface area contributed by atoms with Gasteiger partial charge in [-0.05, 0) is 106 Å². The van der Waals surface area contributed by atoms with Gasteiger partial charge in [-0.3, -0.25) is 14.7 Å². The standard InChI is InChI=1S/C29H33Cl2N3O/c30-25-7-8-27(31)24(18-25)20-33-15-11-26(12-16-33)34-14-2-3-21(19-34)5-10-29(35)23-6-9-28-22(17-23)4-1-13-32-28/h1,4,6-9,13,17-18,21,26H,2-3,5,10-12,14-16,19-20H2. The number of piperidine rings is 2. The van der Waals surface area contributed by atoms with Gasteiger partial charge in [-0.2, -0.15) is 0 Å². The first kappa shape index (κ1) is 24.7. The Labute approximate surface area is 218 Å². The number of carbonyl (C=O) groups excluding carboxylic acids is 1. The lowest BCUT2D eigenvalue weighted by Gasteiger charge is -2.42. The number of hydrogen-bond donors (Lipinski definition) is 0. The molecule has 0 aliphatic carbocycles. The van der Waals surface area contributed by atoms with Crippen molar-refractivity contribution in [3.63, 3.8) is 0 Å². The number of aromatic nitrogens is 1. The number of pyridine rings is 1. The molecule has 1 aromatic heterocycles. The van der Waals surface area contributed by atoms with Crippen LogP contribution in [0.1, 0.15) is 54.4 Å². The molecular formula is C29H33Cl2N3O. The molecular weight excluding hydrogens is 477 g/mol. The fraction of sp³-hybridized carbons (Fsp3) is 0.448. The number of fused-ring (bicyclic) bond motifs is 1. The number of rotatable bonds is 7. The summed E-state index contributed by atoms with van der Waals surface area (Å²) < 4.78 is 0. The quantitative estimate of drug-likeness (QED) is 0.325. The Morgan fingerprint density at radius 1 is 1.00 bits per heavy atom. The molecule has 4 nitrogen and oxygen atoms in total. The molecule has 0 spiro atoms. The normalized spacial score (nSPS) is 20.3. The van der Waals surface area contributed by atoms with Crippen molar-refractivity contribution < 1.29 is 4.79 Å². The van der Waals surface area contributed by atoms with Gasteiger partial charge in [-0.15, -0.1) is 0 Å². The summed E-state index contributed by atoms with van der Waals surface area (Å²) in [6.45, 7) is 5.35. The maximum absolute atomic E-state index is 12.9. The SMILES string of the molecule is O=C(CCC1CCCN(C2CCN(Cc3cc(Cl)ccc3Cl)CC2)C1)c1ccc2ncccc2c1. The first-order valence-corrected chi connectivity index (χ1v) is 13.6. The molecule has 6 heteroatoms. The third-order valence-corrected chi connectivity index (χ3v) is 8.33. The van der Waals surface area contributed by atoms with Crippen LogP contribution in [0.15, 0.2) is 54.7 Å². The van der Waals surface area contributed by atoms with Crippen LogP contribution in [0.4, 0.5) is 0 Å². The highest BCUT2D eigenvalue weighted by atomic mass is 35.5. The predicted octanol–water partition coefficient (Wildman–Crippen LogP) is 6.88. The van der Waals surface area contributed by atoms with E-state index in [2.05, 4.69) is 14.8 Å². The van der Waals surface area contributed by atoms with Crippen molar-refractivity contribution in [1.29, 1.82) is 0 Å². The van der Waals surface area contributed by atoms with Gasteiger partial charge in [0.2, 0.25) is 0 Å². The third-order valence-electron chi connectivity index (χ3n) is 7.73. The van der Waals surface area contributed by atoms with E-state index in [0.29, 0.717) is 18.4 Å². The first-order chi connectivity index (χ1) is 17.0. The van der Waals surface area contributed by atoms with Gasteiger partial charge >= 0.3 is 0 Å². The van der Waals surface area contributed by atoms with Gasteiger partial charge in [0.25, 0.3) is 0 Å². The molecule has 1 atom stereocenters. The van der Waals surface area contributed by atoms with E-state index in [9.17, 15) is 4.79 Å². The van der Waals surface area contributed by atoms with E-state index < -0.39 is 0 Å². The number of Topliss-reactive ketones (excluding diaryl/α,β-unsaturated/α-hetero) is 1. The maximum atomic E-state index is 12.9. The summed E-state index contributed by atoms with van der Waals surface area (Å²) in [7, 11) is 0. The van der Waals surface area contributed by atoms with Gasteiger partial charge in [-0.1, -0.05) is 29.3 Å². The van der Waals surface area contributed by atoms with E-state index in [1.54, 1.807) is 6.20 Å². The Bertz CT molecular complexity index is 1180. The number of carbonyl (C=O) groups is 1. The second-order valence-electron chi connectivity index (χ2n) is 10.1. The molecule has 2 aliphatic rings. The number of halogens is 2. The van der Waals surface area contributed by atoms with Gasteiger partial charge in [0.05, 0.1) is 5.52 Å². The molecule has 2 saturated heterocycles. The zero-order valence-corrected chi connectivity index (χ0v) is 21.6. The van der Waals surface area contributed by atoms with Crippen LogP contribution in [0.2, 0.25) is 10.0 Å². The van der Waals surface area contributed by atoms with Gasteiger partial charge in [0.1, 0.15) is 0 Å². The average Bonchev–Trinajstić information content (AvgIpc) is 2.89. The topological polar surface area (TPSA) is 36.4 Å². The monoisotopic (exact) mass is 509 g/mol. The minimum atomic E-state index is 0.251. The first-order valence-electron chi connectivity index (χ1n) is 12.8. The van der Waals surface area contributed by atoms with Crippen molar-refractivity contribution >= 4 is 39.9 Å². The van der Waals surface area contributed by atoms with Crippen LogP contribution in [0.25, 0.3) is 10.9 Å². The summed E-state index contributed by atoms with van der Waals surface area (Å²) in [5.41, 5.74) is 2.86. The number of hydrogen-bond acceptors (Lipinski definition) is 4. The number of nitrogens with zero attached hydrogens (tertiary/aromatic N) is 3. The lowest BCUT2D eigenvalue weighted by molar-refractivity contribution is 0.0658. The van der Waals surface area contributed by atoms with Crippen LogP contribution in [-0.4, -0.2) is 52.8 Å². The molecule has 2 aromatic carbocycles. The molecule has 35 heavy (non-hydrogen) atoms.